The highest BCUT2D eigenvalue weighted by Crippen LogP contribution is 2.21. The minimum absolute atomic E-state index is 0.0846. The Morgan fingerprint density at radius 3 is 2.44 bits per heavy atom. The van der Waals surface area contributed by atoms with Gasteiger partial charge in [0.15, 0.2) is 0 Å². The number of carbonyl (C=O) groups is 2. The molecular weight excluding hydrogens is 458 g/mol. The maximum atomic E-state index is 12.5. The fourth-order valence-corrected chi connectivity index (χ4v) is 3.53. The normalized spacial score (nSPS) is 10.9. The second kappa shape index (κ2) is 11.7. The van der Waals surface area contributed by atoms with Crippen LogP contribution in [-0.4, -0.2) is 25.0 Å². The fourth-order valence-electron chi connectivity index (χ4n) is 3.53. The molecule has 7 nitrogen and oxygen atoms in total. The van der Waals surface area contributed by atoms with Gasteiger partial charge in [-0.2, -0.15) is 0 Å². The van der Waals surface area contributed by atoms with Crippen LogP contribution in [0.3, 0.4) is 0 Å². The first-order chi connectivity index (χ1) is 17.5. The summed E-state index contributed by atoms with van der Waals surface area (Å²) in [7, 11) is 0. The fraction of sp³-hybridized carbons (Fsp3) is 0.138. The van der Waals surface area contributed by atoms with Crippen molar-refractivity contribution in [1.29, 1.82) is 0 Å². The van der Waals surface area contributed by atoms with Crippen molar-refractivity contribution in [3.05, 3.63) is 112 Å². The highest BCUT2D eigenvalue weighted by atomic mass is 16.5. The van der Waals surface area contributed by atoms with Crippen molar-refractivity contribution >= 4 is 28.9 Å². The molecule has 36 heavy (non-hydrogen) atoms. The highest BCUT2D eigenvalue weighted by Gasteiger charge is 2.14. The molecule has 0 unspecified atom stereocenters. The quantitative estimate of drug-likeness (QED) is 0.159. The van der Waals surface area contributed by atoms with Crippen LogP contribution >= 0.6 is 0 Å². The molecule has 0 aliphatic rings. The van der Waals surface area contributed by atoms with Gasteiger partial charge in [0.1, 0.15) is 22.6 Å². The number of carbonyl (C=O) groups excluding carboxylic acids is 2. The molecule has 1 amide bonds. The second-order valence-corrected chi connectivity index (χ2v) is 7.90. The number of rotatable bonds is 9. The molecule has 0 aliphatic heterocycles. The van der Waals surface area contributed by atoms with Gasteiger partial charge in [-0.3, -0.25) is 4.79 Å². The van der Waals surface area contributed by atoms with E-state index in [2.05, 4.69) is 5.32 Å². The predicted octanol–water partition coefficient (Wildman–Crippen LogP) is 4.78. The summed E-state index contributed by atoms with van der Waals surface area (Å²) in [5, 5.41) is 3.28. The van der Waals surface area contributed by atoms with Crippen LogP contribution in [0.1, 0.15) is 28.4 Å². The number of nitrogens with one attached hydrogen (secondary N) is 1. The lowest BCUT2D eigenvalue weighted by molar-refractivity contribution is -0.128. The van der Waals surface area contributed by atoms with E-state index in [1.165, 1.54) is 18.2 Å². The summed E-state index contributed by atoms with van der Waals surface area (Å²) >= 11 is 0. The number of hydrogen-bond donors (Lipinski definition) is 1. The molecule has 0 radical (unpaired) electrons. The Balaban J connectivity index is 1.38. The van der Waals surface area contributed by atoms with Crippen LogP contribution in [0, 0.1) is 0 Å². The first kappa shape index (κ1) is 24.5. The van der Waals surface area contributed by atoms with Crippen molar-refractivity contribution < 1.29 is 23.5 Å². The van der Waals surface area contributed by atoms with Crippen LogP contribution in [0.5, 0.6) is 11.5 Å². The maximum Gasteiger partial charge on any atom is 0.349 e. The minimum Gasteiger partial charge on any atom is -0.494 e. The third-order valence-corrected chi connectivity index (χ3v) is 5.32. The van der Waals surface area contributed by atoms with Crippen LogP contribution in [0.15, 0.2) is 94.2 Å². The van der Waals surface area contributed by atoms with E-state index in [1.807, 2.05) is 61.5 Å². The summed E-state index contributed by atoms with van der Waals surface area (Å²) < 4.78 is 16.0. The standard InChI is InChI=1S/C29H25NO6/c1-2-34-23-12-8-21(9-13-23)10-15-27(31)35-24-14-11-22-18-25(29(33)36-26(22)19-24)28(32)30-17-16-20-6-4-3-5-7-20/h3-15,18-19H,2,16-17H2,1H3,(H,30,32)/b15-10+. The topological polar surface area (TPSA) is 94.8 Å². The smallest absolute Gasteiger partial charge is 0.349 e. The van der Waals surface area contributed by atoms with E-state index in [1.54, 1.807) is 18.2 Å². The number of esters is 1. The molecule has 0 atom stereocenters. The monoisotopic (exact) mass is 483 g/mol. The lowest BCUT2D eigenvalue weighted by atomic mass is 10.1. The van der Waals surface area contributed by atoms with Crippen LogP contribution in [0.4, 0.5) is 0 Å². The maximum absolute atomic E-state index is 12.5. The van der Waals surface area contributed by atoms with Crippen molar-refractivity contribution in [2.75, 3.05) is 13.2 Å². The zero-order valence-electron chi connectivity index (χ0n) is 19.7. The third kappa shape index (κ3) is 6.48. The van der Waals surface area contributed by atoms with Gasteiger partial charge in [-0.25, -0.2) is 9.59 Å². The first-order valence-electron chi connectivity index (χ1n) is 11.5. The molecule has 0 spiro atoms. The van der Waals surface area contributed by atoms with Crippen molar-refractivity contribution in [2.24, 2.45) is 0 Å². The molecule has 4 rings (SSSR count). The third-order valence-electron chi connectivity index (χ3n) is 5.32. The number of ether oxygens (including phenoxy) is 2. The summed E-state index contributed by atoms with van der Waals surface area (Å²) in [6.07, 6.45) is 3.58. The van der Waals surface area contributed by atoms with Crippen molar-refractivity contribution in [1.82, 2.24) is 5.32 Å². The van der Waals surface area contributed by atoms with E-state index in [0.29, 0.717) is 25.0 Å². The van der Waals surface area contributed by atoms with E-state index in [0.717, 1.165) is 16.9 Å². The SMILES string of the molecule is CCOc1ccc(/C=C/C(=O)Oc2ccc3cc(C(=O)NCCc4ccccc4)c(=O)oc3c2)cc1. The molecule has 182 valence electrons. The van der Waals surface area contributed by atoms with Crippen LogP contribution < -0.4 is 20.4 Å². The van der Waals surface area contributed by atoms with E-state index in [-0.39, 0.29) is 16.9 Å². The largest absolute Gasteiger partial charge is 0.494 e. The van der Waals surface area contributed by atoms with Gasteiger partial charge in [0, 0.05) is 24.1 Å². The van der Waals surface area contributed by atoms with Gasteiger partial charge in [0.25, 0.3) is 5.91 Å². The summed E-state index contributed by atoms with van der Waals surface area (Å²) in [6, 6.07) is 23.1. The summed E-state index contributed by atoms with van der Waals surface area (Å²) in [5.41, 5.74) is 1.26. The average molecular weight is 484 g/mol. The summed E-state index contributed by atoms with van der Waals surface area (Å²) in [4.78, 5) is 37.1. The molecule has 3 aromatic carbocycles. The molecule has 1 heterocycles. The van der Waals surface area contributed by atoms with Gasteiger partial charge in [-0.05, 0) is 60.9 Å². The number of amides is 1. The Bertz CT molecular complexity index is 1440. The molecule has 1 aromatic heterocycles. The minimum atomic E-state index is -0.765. The van der Waals surface area contributed by atoms with Crippen LogP contribution in [0.25, 0.3) is 17.0 Å². The highest BCUT2D eigenvalue weighted by molar-refractivity contribution is 5.97. The molecular formula is C29H25NO6. The van der Waals surface area contributed by atoms with Crippen LogP contribution in [-0.2, 0) is 11.2 Å². The van der Waals surface area contributed by atoms with Crippen molar-refractivity contribution in [3.8, 4) is 11.5 Å². The Hall–Kier alpha value is -4.65. The zero-order valence-corrected chi connectivity index (χ0v) is 19.7. The second-order valence-electron chi connectivity index (χ2n) is 7.90. The van der Waals surface area contributed by atoms with Gasteiger partial charge >= 0.3 is 11.6 Å². The Kier molecular flexibility index (Phi) is 7.93. The van der Waals surface area contributed by atoms with Crippen LogP contribution in [0.2, 0.25) is 0 Å². The van der Waals surface area contributed by atoms with E-state index < -0.39 is 17.5 Å². The van der Waals surface area contributed by atoms with Crippen molar-refractivity contribution in [3.63, 3.8) is 0 Å². The lowest BCUT2D eigenvalue weighted by Crippen LogP contribution is -2.29. The Morgan fingerprint density at radius 2 is 1.69 bits per heavy atom. The van der Waals surface area contributed by atoms with Gasteiger partial charge in [-0.1, -0.05) is 42.5 Å². The lowest BCUT2D eigenvalue weighted by Gasteiger charge is -2.06. The molecule has 0 fully saturated rings. The van der Waals surface area contributed by atoms with E-state index in [9.17, 15) is 14.4 Å². The summed E-state index contributed by atoms with van der Waals surface area (Å²) in [6.45, 7) is 2.88. The molecule has 7 heteroatoms. The number of fused-ring (bicyclic) bond motifs is 1. The number of benzene rings is 3. The average Bonchev–Trinajstić information content (AvgIpc) is 2.88. The van der Waals surface area contributed by atoms with Gasteiger partial charge in [-0.15, -0.1) is 0 Å². The van der Waals surface area contributed by atoms with E-state index in [4.69, 9.17) is 13.9 Å². The molecule has 1 N–H and O–H groups in total. The van der Waals surface area contributed by atoms with E-state index >= 15 is 0 Å². The Morgan fingerprint density at radius 1 is 0.944 bits per heavy atom. The molecule has 0 saturated heterocycles. The first-order valence-corrected chi connectivity index (χ1v) is 11.5. The molecule has 4 aromatic rings. The zero-order chi connectivity index (χ0) is 25.3. The number of hydrogen-bond acceptors (Lipinski definition) is 6. The Labute approximate surface area is 208 Å². The van der Waals surface area contributed by atoms with Gasteiger partial charge in [0.05, 0.1) is 6.61 Å². The molecule has 0 bridgehead atoms. The predicted molar refractivity (Wildman–Crippen MR) is 137 cm³/mol. The summed E-state index contributed by atoms with van der Waals surface area (Å²) in [5.74, 6) is -0.119. The molecule has 0 saturated carbocycles. The van der Waals surface area contributed by atoms with Crippen molar-refractivity contribution in [2.45, 2.75) is 13.3 Å². The van der Waals surface area contributed by atoms with Gasteiger partial charge < -0.3 is 19.2 Å². The van der Waals surface area contributed by atoms with Gasteiger partial charge in [0.2, 0.25) is 0 Å². The molecule has 0 aliphatic carbocycles.